The van der Waals surface area contributed by atoms with Crippen molar-refractivity contribution in [2.45, 2.75) is 12.8 Å². The van der Waals surface area contributed by atoms with Crippen LogP contribution in [0.2, 0.25) is 0 Å². The Labute approximate surface area is 139 Å². The van der Waals surface area contributed by atoms with Gasteiger partial charge in [0.25, 0.3) is 5.88 Å². The molecular weight excluding hydrogens is 308 g/mol. The monoisotopic (exact) mass is 326 g/mol. The molecule has 1 saturated heterocycles. The second-order valence-corrected chi connectivity index (χ2v) is 5.77. The molecule has 0 aliphatic carbocycles. The maximum absolute atomic E-state index is 11.0. The minimum Gasteiger partial charge on any atom is -0.476 e. The SMILES string of the molecule is CN1CCC(C#Cc2cccc(Oc3[nH]nnc3C(=O)O)c2)CC1. The third-order valence-electron chi connectivity index (χ3n) is 3.91. The molecule has 1 aliphatic rings. The maximum Gasteiger partial charge on any atom is 0.362 e. The molecular formula is C17H18N4O3. The number of nitrogens with zero attached hydrogens (tertiary/aromatic N) is 3. The number of piperidine rings is 1. The zero-order valence-electron chi connectivity index (χ0n) is 13.3. The van der Waals surface area contributed by atoms with Crippen LogP contribution in [-0.2, 0) is 0 Å². The molecule has 3 rings (SSSR count). The highest BCUT2D eigenvalue weighted by Crippen LogP contribution is 2.22. The molecule has 0 saturated carbocycles. The summed E-state index contributed by atoms with van der Waals surface area (Å²) < 4.78 is 5.52. The van der Waals surface area contributed by atoms with Gasteiger partial charge in [-0.2, -0.15) is 0 Å². The first-order valence-electron chi connectivity index (χ1n) is 7.74. The van der Waals surface area contributed by atoms with Crippen molar-refractivity contribution < 1.29 is 14.6 Å². The number of carbonyl (C=O) groups is 1. The number of H-pyrrole nitrogens is 1. The Bertz CT molecular complexity index is 782. The second-order valence-electron chi connectivity index (χ2n) is 5.77. The van der Waals surface area contributed by atoms with Gasteiger partial charge in [-0.3, -0.25) is 0 Å². The maximum atomic E-state index is 11.0. The molecule has 2 aromatic rings. The highest BCUT2D eigenvalue weighted by Gasteiger charge is 2.17. The second kappa shape index (κ2) is 7.15. The number of hydrogen-bond donors (Lipinski definition) is 2. The fourth-order valence-electron chi connectivity index (χ4n) is 2.52. The number of likely N-dealkylation sites (tertiary alicyclic amines) is 1. The van der Waals surface area contributed by atoms with Gasteiger partial charge in [0.2, 0.25) is 5.69 Å². The summed E-state index contributed by atoms with van der Waals surface area (Å²) in [4.78, 5) is 13.3. The molecule has 1 aromatic heterocycles. The van der Waals surface area contributed by atoms with Crippen LogP contribution in [-0.4, -0.2) is 51.5 Å². The summed E-state index contributed by atoms with van der Waals surface area (Å²) in [6.45, 7) is 2.15. The smallest absolute Gasteiger partial charge is 0.362 e. The lowest BCUT2D eigenvalue weighted by Gasteiger charge is -2.25. The number of nitrogens with one attached hydrogen (secondary N) is 1. The van der Waals surface area contributed by atoms with Crippen molar-refractivity contribution in [2.75, 3.05) is 20.1 Å². The molecule has 0 spiro atoms. The standard InChI is InChI=1S/C17H18N4O3/c1-21-9-7-12(8-10-21)5-6-13-3-2-4-14(11-13)24-16-15(17(22)23)18-20-19-16/h2-4,11-12H,7-10H2,1H3,(H,22,23)(H,18,19,20). The first kappa shape index (κ1) is 16.0. The molecule has 124 valence electrons. The number of aromatic carboxylic acids is 1. The molecule has 2 heterocycles. The Morgan fingerprint density at radius 1 is 1.42 bits per heavy atom. The number of aromatic nitrogens is 3. The molecule has 0 amide bonds. The first-order chi connectivity index (χ1) is 11.6. The van der Waals surface area contributed by atoms with Crippen molar-refractivity contribution in [3.8, 4) is 23.5 Å². The van der Waals surface area contributed by atoms with Gasteiger partial charge in [-0.15, -0.1) is 5.10 Å². The average molecular weight is 326 g/mol. The molecule has 1 fully saturated rings. The van der Waals surface area contributed by atoms with Crippen molar-refractivity contribution >= 4 is 5.97 Å². The van der Waals surface area contributed by atoms with Crippen LogP contribution in [0, 0.1) is 17.8 Å². The highest BCUT2D eigenvalue weighted by molar-refractivity contribution is 5.87. The van der Waals surface area contributed by atoms with Crippen LogP contribution >= 0.6 is 0 Å². The largest absolute Gasteiger partial charge is 0.476 e. The molecule has 0 atom stereocenters. The summed E-state index contributed by atoms with van der Waals surface area (Å²) in [6.07, 6.45) is 2.17. The van der Waals surface area contributed by atoms with E-state index in [9.17, 15) is 4.79 Å². The quantitative estimate of drug-likeness (QED) is 0.838. The van der Waals surface area contributed by atoms with Crippen molar-refractivity contribution in [1.82, 2.24) is 20.3 Å². The lowest BCUT2D eigenvalue weighted by Crippen LogP contribution is -2.29. The summed E-state index contributed by atoms with van der Waals surface area (Å²) in [6, 6.07) is 7.22. The van der Waals surface area contributed by atoms with E-state index in [1.165, 1.54) is 0 Å². The Kier molecular flexibility index (Phi) is 4.77. The van der Waals surface area contributed by atoms with Crippen LogP contribution in [0.1, 0.15) is 28.9 Å². The van der Waals surface area contributed by atoms with Crippen molar-refractivity contribution in [3.63, 3.8) is 0 Å². The molecule has 0 unspecified atom stereocenters. The van der Waals surface area contributed by atoms with E-state index in [2.05, 4.69) is 39.2 Å². The van der Waals surface area contributed by atoms with Crippen molar-refractivity contribution in [3.05, 3.63) is 35.5 Å². The van der Waals surface area contributed by atoms with Gasteiger partial charge >= 0.3 is 5.97 Å². The van der Waals surface area contributed by atoms with Gasteiger partial charge in [-0.25, -0.2) is 9.89 Å². The van der Waals surface area contributed by atoms with Crippen LogP contribution in [0.25, 0.3) is 0 Å². The van der Waals surface area contributed by atoms with E-state index in [1.54, 1.807) is 12.1 Å². The molecule has 24 heavy (non-hydrogen) atoms. The molecule has 7 heteroatoms. The van der Waals surface area contributed by atoms with Crippen LogP contribution < -0.4 is 4.74 Å². The van der Waals surface area contributed by atoms with Crippen LogP contribution in [0.15, 0.2) is 24.3 Å². The van der Waals surface area contributed by atoms with E-state index >= 15 is 0 Å². The van der Waals surface area contributed by atoms with Crippen LogP contribution in [0.3, 0.4) is 0 Å². The minimum absolute atomic E-state index is 0.00271. The van der Waals surface area contributed by atoms with Gasteiger partial charge in [0.05, 0.1) is 0 Å². The zero-order chi connectivity index (χ0) is 16.9. The molecule has 0 bridgehead atoms. The first-order valence-corrected chi connectivity index (χ1v) is 7.74. The normalized spacial score (nSPS) is 15.5. The topological polar surface area (TPSA) is 91.3 Å². The van der Waals surface area contributed by atoms with Gasteiger partial charge in [0, 0.05) is 11.5 Å². The lowest BCUT2D eigenvalue weighted by atomic mass is 9.97. The van der Waals surface area contributed by atoms with E-state index in [0.717, 1.165) is 31.5 Å². The Hall–Kier alpha value is -2.85. The molecule has 2 N–H and O–H groups in total. The van der Waals surface area contributed by atoms with E-state index in [0.29, 0.717) is 11.7 Å². The van der Waals surface area contributed by atoms with Gasteiger partial charge in [-0.05, 0) is 51.2 Å². The van der Waals surface area contributed by atoms with E-state index in [-0.39, 0.29) is 11.6 Å². The number of carboxylic acid groups (broad SMARTS) is 1. The lowest BCUT2D eigenvalue weighted by molar-refractivity contribution is 0.0687. The van der Waals surface area contributed by atoms with Crippen molar-refractivity contribution in [1.29, 1.82) is 0 Å². The van der Waals surface area contributed by atoms with Crippen LogP contribution in [0.4, 0.5) is 0 Å². The van der Waals surface area contributed by atoms with Gasteiger partial charge in [0.1, 0.15) is 5.75 Å². The van der Waals surface area contributed by atoms with Gasteiger partial charge < -0.3 is 14.7 Å². The summed E-state index contributed by atoms with van der Waals surface area (Å²) >= 11 is 0. The zero-order valence-corrected chi connectivity index (χ0v) is 13.3. The number of benzene rings is 1. The average Bonchev–Trinajstić information content (AvgIpc) is 3.03. The predicted molar refractivity (Wildman–Crippen MR) is 87.0 cm³/mol. The Balaban J connectivity index is 1.71. The molecule has 7 nitrogen and oxygen atoms in total. The predicted octanol–water partition coefficient (Wildman–Crippen LogP) is 1.99. The van der Waals surface area contributed by atoms with Crippen molar-refractivity contribution in [2.24, 2.45) is 5.92 Å². The number of aromatic amines is 1. The third kappa shape index (κ3) is 3.91. The summed E-state index contributed by atoms with van der Waals surface area (Å²) in [7, 11) is 2.13. The third-order valence-corrected chi connectivity index (χ3v) is 3.91. The van der Waals surface area contributed by atoms with Crippen LogP contribution in [0.5, 0.6) is 11.6 Å². The fraction of sp³-hybridized carbons (Fsp3) is 0.353. The number of rotatable bonds is 3. The van der Waals surface area contributed by atoms with E-state index in [4.69, 9.17) is 9.84 Å². The minimum atomic E-state index is -1.20. The highest BCUT2D eigenvalue weighted by atomic mass is 16.5. The number of ether oxygens (including phenoxy) is 1. The summed E-state index contributed by atoms with van der Waals surface area (Å²) in [5, 5.41) is 18.4. The number of hydrogen-bond acceptors (Lipinski definition) is 5. The number of carboxylic acids is 1. The Morgan fingerprint density at radius 3 is 2.96 bits per heavy atom. The summed E-state index contributed by atoms with van der Waals surface area (Å²) in [5.74, 6) is 6.20. The van der Waals surface area contributed by atoms with Gasteiger partial charge in [0.15, 0.2) is 0 Å². The fourth-order valence-corrected chi connectivity index (χ4v) is 2.52. The Morgan fingerprint density at radius 2 is 2.21 bits per heavy atom. The molecule has 0 radical (unpaired) electrons. The summed E-state index contributed by atoms with van der Waals surface area (Å²) in [5.41, 5.74) is 0.577. The van der Waals surface area contributed by atoms with E-state index in [1.807, 2.05) is 12.1 Å². The van der Waals surface area contributed by atoms with E-state index < -0.39 is 5.97 Å². The molecule has 1 aromatic carbocycles. The molecule has 1 aliphatic heterocycles. The van der Waals surface area contributed by atoms with Gasteiger partial charge in [-0.1, -0.05) is 23.1 Å².